The number of hydrogen-bond donors (Lipinski definition) is 1. The van der Waals surface area contributed by atoms with Crippen LogP contribution in [-0.4, -0.2) is 30.6 Å². The topological polar surface area (TPSA) is 29.3 Å². The smallest absolute Gasteiger partial charge is 0.0408 e. The molecule has 2 nitrogen and oxygen atoms in total. The lowest BCUT2D eigenvalue weighted by atomic mass is 10.0. The second-order valence-corrected chi connectivity index (χ2v) is 5.75. The molecule has 0 aliphatic carbocycles. The molecule has 0 saturated carbocycles. The molecule has 3 unspecified atom stereocenters. The predicted octanol–water partition coefficient (Wildman–Crippen LogP) is 2.72. The van der Waals surface area contributed by atoms with Crippen LogP contribution in [0, 0.1) is 5.92 Å². The molecule has 2 N–H and O–H groups in total. The van der Waals surface area contributed by atoms with Crippen molar-refractivity contribution in [1.29, 1.82) is 0 Å². The quantitative estimate of drug-likeness (QED) is 0.896. The summed E-state index contributed by atoms with van der Waals surface area (Å²) < 4.78 is 0. The van der Waals surface area contributed by atoms with Crippen LogP contribution in [0.5, 0.6) is 0 Å². The summed E-state index contributed by atoms with van der Waals surface area (Å²) in [5.41, 5.74) is 7.36. The van der Waals surface area contributed by atoms with Crippen LogP contribution in [0.15, 0.2) is 24.3 Å². The van der Waals surface area contributed by atoms with E-state index in [-0.39, 0.29) is 0 Å². The highest BCUT2D eigenvalue weighted by Crippen LogP contribution is 2.23. The van der Waals surface area contributed by atoms with Crippen molar-refractivity contribution in [2.75, 3.05) is 19.6 Å². The van der Waals surface area contributed by atoms with Crippen LogP contribution in [0.4, 0.5) is 0 Å². The Labute approximate surface area is 109 Å². The zero-order chi connectivity index (χ0) is 12.4. The van der Waals surface area contributed by atoms with Crippen molar-refractivity contribution >= 4 is 11.6 Å². The van der Waals surface area contributed by atoms with Gasteiger partial charge in [0.05, 0.1) is 0 Å². The van der Waals surface area contributed by atoms with Crippen molar-refractivity contribution in [2.45, 2.75) is 25.8 Å². The SMILES string of the molecule is CC(CN1CC(C)C(N)C1)c1cccc(Cl)c1. The number of halogens is 1. The van der Waals surface area contributed by atoms with Crippen LogP contribution >= 0.6 is 11.6 Å². The van der Waals surface area contributed by atoms with Crippen LogP contribution in [0.3, 0.4) is 0 Å². The minimum Gasteiger partial charge on any atom is -0.326 e. The Kier molecular flexibility index (Phi) is 4.08. The predicted molar refractivity (Wildman–Crippen MR) is 73.4 cm³/mol. The number of nitrogens with two attached hydrogens (primary N) is 1. The van der Waals surface area contributed by atoms with E-state index in [1.54, 1.807) is 0 Å². The van der Waals surface area contributed by atoms with E-state index in [9.17, 15) is 0 Å². The molecule has 1 heterocycles. The number of nitrogens with zero attached hydrogens (tertiary/aromatic N) is 1. The van der Waals surface area contributed by atoms with Gasteiger partial charge >= 0.3 is 0 Å². The number of hydrogen-bond acceptors (Lipinski definition) is 2. The van der Waals surface area contributed by atoms with Crippen LogP contribution in [-0.2, 0) is 0 Å². The molecular formula is C14H21ClN2. The minimum atomic E-state index is 0.335. The molecule has 0 amide bonds. The lowest BCUT2D eigenvalue weighted by Gasteiger charge is -2.21. The van der Waals surface area contributed by atoms with Crippen molar-refractivity contribution in [1.82, 2.24) is 4.90 Å². The summed E-state index contributed by atoms with van der Waals surface area (Å²) in [4.78, 5) is 2.46. The number of likely N-dealkylation sites (tertiary alicyclic amines) is 1. The Morgan fingerprint density at radius 2 is 2.24 bits per heavy atom. The van der Waals surface area contributed by atoms with Gasteiger partial charge in [-0.3, -0.25) is 0 Å². The normalized spacial score (nSPS) is 27.3. The number of rotatable bonds is 3. The molecule has 1 aromatic carbocycles. The first kappa shape index (κ1) is 12.9. The summed E-state index contributed by atoms with van der Waals surface area (Å²) in [6.07, 6.45) is 0. The molecule has 1 saturated heterocycles. The maximum absolute atomic E-state index is 6.04. The Morgan fingerprint density at radius 3 is 2.82 bits per heavy atom. The Bertz CT molecular complexity index is 370. The lowest BCUT2D eigenvalue weighted by Crippen LogP contribution is -2.30. The average molecular weight is 253 g/mol. The van der Waals surface area contributed by atoms with E-state index >= 15 is 0 Å². The molecule has 0 spiro atoms. The summed E-state index contributed by atoms with van der Waals surface area (Å²) >= 11 is 6.02. The molecule has 17 heavy (non-hydrogen) atoms. The van der Waals surface area contributed by atoms with Gasteiger partial charge in [-0.05, 0) is 29.5 Å². The van der Waals surface area contributed by atoms with Gasteiger partial charge in [0, 0.05) is 30.7 Å². The van der Waals surface area contributed by atoms with Gasteiger partial charge in [-0.2, -0.15) is 0 Å². The molecule has 0 bridgehead atoms. The molecular weight excluding hydrogens is 232 g/mol. The fourth-order valence-corrected chi connectivity index (χ4v) is 2.75. The van der Waals surface area contributed by atoms with Gasteiger partial charge in [0.25, 0.3) is 0 Å². The van der Waals surface area contributed by atoms with Gasteiger partial charge in [0.15, 0.2) is 0 Å². The van der Waals surface area contributed by atoms with Crippen LogP contribution in [0.1, 0.15) is 25.3 Å². The van der Waals surface area contributed by atoms with Gasteiger partial charge < -0.3 is 10.6 Å². The highest BCUT2D eigenvalue weighted by atomic mass is 35.5. The van der Waals surface area contributed by atoms with E-state index in [0.29, 0.717) is 17.9 Å². The van der Waals surface area contributed by atoms with Gasteiger partial charge in [-0.1, -0.05) is 37.6 Å². The molecule has 1 aliphatic heterocycles. The van der Waals surface area contributed by atoms with Gasteiger partial charge in [0.1, 0.15) is 0 Å². The molecule has 1 aromatic rings. The maximum Gasteiger partial charge on any atom is 0.0408 e. The van der Waals surface area contributed by atoms with Gasteiger partial charge in [0.2, 0.25) is 0 Å². The largest absolute Gasteiger partial charge is 0.326 e. The highest BCUT2D eigenvalue weighted by molar-refractivity contribution is 6.30. The van der Waals surface area contributed by atoms with E-state index in [2.05, 4.69) is 30.9 Å². The van der Waals surface area contributed by atoms with E-state index in [0.717, 1.165) is 24.7 Å². The van der Waals surface area contributed by atoms with E-state index in [1.165, 1.54) is 5.56 Å². The van der Waals surface area contributed by atoms with Crippen LogP contribution < -0.4 is 5.73 Å². The van der Waals surface area contributed by atoms with Crippen LogP contribution in [0.2, 0.25) is 5.02 Å². The minimum absolute atomic E-state index is 0.335. The molecule has 2 rings (SSSR count). The molecule has 0 aromatic heterocycles. The molecule has 1 fully saturated rings. The molecule has 1 aliphatic rings. The van der Waals surface area contributed by atoms with Crippen molar-refractivity contribution < 1.29 is 0 Å². The first-order valence-corrected chi connectivity index (χ1v) is 6.67. The summed E-state index contributed by atoms with van der Waals surface area (Å²) in [5.74, 6) is 1.12. The number of benzene rings is 1. The Hall–Kier alpha value is -0.570. The molecule has 0 radical (unpaired) electrons. The fourth-order valence-electron chi connectivity index (χ4n) is 2.55. The standard InChI is InChI=1S/C14H21ClN2/c1-10(12-4-3-5-13(15)6-12)7-17-8-11(2)14(16)9-17/h3-6,10-11,14H,7-9,16H2,1-2H3. The zero-order valence-electron chi connectivity index (χ0n) is 10.6. The second kappa shape index (κ2) is 5.38. The third kappa shape index (κ3) is 3.21. The third-order valence-electron chi connectivity index (χ3n) is 3.70. The second-order valence-electron chi connectivity index (χ2n) is 5.32. The Balaban J connectivity index is 1.96. The van der Waals surface area contributed by atoms with Crippen LogP contribution in [0.25, 0.3) is 0 Å². The fraction of sp³-hybridized carbons (Fsp3) is 0.571. The summed E-state index contributed by atoms with van der Waals surface area (Å²) in [6.45, 7) is 7.69. The lowest BCUT2D eigenvalue weighted by molar-refractivity contribution is 0.309. The van der Waals surface area contributed by atoms with E-state index in [4.69, 9.17) is 17.3 Å². The summed E-state index contributed by atoms with van der Waals surface area (Å²) in [6, 6.07) is 8.49. The highest BCUT2D eigenvalue weighted by Gasteiger charge is 2.27. The first-order chi connectivity index (χ1) is 8.06. The van der Waals surface area contributed by atoms with E-state index in [1.807, 2.05) is 12.1 Å². The third-order valence-corrected chi connectivity index (χ3v) is 3.93. The molecule has 3 heteroatoms. The van der Waals surface area contributed by atoms with Gasteiger partial charge in [-0.25, -0.2) is 0 Å². The van der Waals surface area contributed by atoms with Crippen molar-refractivity contribution in [2.24, 2.45) is 11.7 Å². The van der Waals surface area contributed by atoms with Gasteiger partial charge in [-0.15, -0.1) is 0 Å². The zero-order valence-corrected chi connectivity index (χ0v) is 11.3. The first-order valence-electron chi connectivity index (χ1n) is 6.29. The van der Waals surface area contributed by atoms with Crippen molar-refractivity contribution in [3.05, 3.63) is 34.9 Å². The van der Waals surface area contributed by atoms with E-state index < -0.39 is 0 Å². The maximum atomic E-state index is 6.04. The summed E-state index contributed by atoms with van der Waals surface area (Å²) in [5, 5.41) is 0.820. The monoisotopic (exact) mass is 252 g/mol. The molecule has 94 valence electrons. The average Bonchev–Trinajstić information content (AvgIpc) is 2.58. The Morgan fingerprint density at radius 1 is 1.47 bits per heavy atom. The molecule has 3 atom stereocenters. The van der Waals surface area contributed by atoms with Crippen molar-refractivity contribution in [3.63, 3.8) is 0 Å². The summed E-state index contributed by atoms with van der Waals surface area (Å²) in [7, 11) is 0. The van der Waals surface area contributed by atoms with Crippen molar-refractivity contribution in [3.8, 4) is 0 Å².